The molecule has 0 bridgehead atoms. The summed E-state index contributed by atoms with van der Waals surface area (Å²) < 4.78 is 10.8. The molecule has 1 aliphatic carbocycles. The van der Waals surface area contributed by atoms with Gasteiger partial charge in [0.25, 0.3) is 0 Å². The molecule has 5 heteroatoms. The first kappa shape index (κ1) is 17.9. The predicted octanol–water partition coefficient (Wildman–Crippen LogP) is 3.53. The lowest BCUT2D eigenvalue weighted by Gasteiger charge is -2.31. The minimum Gasteiger partial charge on any atom is -0.453 e. The Bertz CT molecular complexity index is 595. The van der Waals surface area contributed by atoms with Gasteiger partial charge in [-0.3, -0.25) is 9.69 Å². The molecule has 5 nitrogen and oxygen atoms in total. The fourth-order valence-corrected chi connectivity index (χ4v) is 4.09. The molecule has 1 heterocycles. The number of hydrogen-bond acceptors (Lipinski definition) is 4. The third kappa shape index (κ3) is 4.03. The number of methoxy groups -OCH3 is 1. The number of amides is 1. The number of carbonyl (C=O) groups excluding carboxylic acids is 2. The monoisotopic (exact) mass is 345 g/mol. The van der Waals surface area contributed by atoms with Gasteiger partial charge in [0.1, 0.15) is 6.04 Å². The van der Waals surface area contributed by atoms with Gasteiger partial charge in [-0.15, -0.1) is 0 Å². The number of Topliss-reactive ketones (excluding diaryl/α,β-unsaturated/α-hetero) is 1. The van der Waals surface area contributed by atoms with E-state index < -0.39 is 12.1 Å². The van der Waals surface area contributed by atoms with Crippen LogP contribution < -0.4 is 0 Å². The quantitative estimate of drug-likeness (QED) is 0.838. The van der Waals surface area contributed by atoms with Gasteiger partial charge in [0.05, 0.1) is 19.8 Å². The van der Waals surface area contributed by atoms with Gasteiger partial charge in [-0.1, -0.05) is 30.3 Å². The zero-order valence-electron chi connectivity index (χ0n) is 15.0. The first-order valence-corrected chi connectivity index (χ1v) is 9.15. The molecule has 1 saturated carbocycles. The maximum atomic E-state index is 12.2. The standard InChI is InChI=1S/C20H27NO4/c1-14-12-19(22)18(21(14)20(23)24-2)13-25-17-10-8-16(9-11-17)15-6-4-3-5-7-15/h3-7,14,16-18H,8-13H2,1-2H3/t14-,16?,17?,18+/m1/s1. The van der Waals surface area contributed by atoms with E-state index in [9.17, 15) is 9.59 Å². The molecule has 2 fully saturated rings. The largest absolute Gasteiger partial charge is 0.453 e. The second kappa shape index (κ2) is 8.00. The Labute approximate surface area is 149 Å². The molecular weight excluding hydrogens is 318 g/mol. The number of carbonyl (C=O) groups is 2. The molecule has 0 spiro atoms. The molecule has 0 aromatic heterocycles. The van der Waals surface area contributed by atoms with Crippen LogP contribution in [0.5, 0.6) is 0 Å². The van der Waals surface area contributed by atoms with Crippen LogP contribution in [0, 0.1) is 0 Å². The van der Waals surface area contributed by atoms with Crippen LogP contribution in [0.4, 0.5) is 4.79 Å². The van der Waals surface area contributed by atoms with Crippen molar-refractivity contribution in [3.8, 4) is 0 Å². The van der Waals surface area contributed by atoms with Crippen molar-refractivity contribution >= 4 is 11.9 Å². The van der Waals surface area contributed by atoms with Crippen molar-refractivity contribution in [2.75, 3.05) is 13.7 Å². The van der Waals surface area contributed by atoms with Crippen LogP contribution in [-0.2, 0) is 14.3 Å². The molecule has 2 aliphatic rings. The summed E-state index contributed by atoms with van der Waals surface area (Å²) in [4.78, 5) is 25.6. The van der Waals surface area contributed by atoms with Crippen LogP contribution in [0.3, 0.4) is 0 Å². The van der Waals surface area contributed by atoms with E-state index in [1.165, 1.54) is 17.6 Å². The molecule has 0 radical (unpaired) electrons. The third-order valence-corrected chi connectivity index (χ3v) is 5.50. The Morgan fingerprint density at radius 2 is 1.84 bits per heavy atom. The van der Waals surface area contributed by atoms with E-state index in [1.54, 1.807) is 0 Å². The van der Waals surface area contributed by atoms with Crippen LogP contribution in [0.25, 0.3) is 0 Å². The molecule has 25 heavy (non-hydrogen) atoms. The molecule has 3 rings (SSSR count). The first-order chi connectivity index (χ1) is 12.1. The highest BCUT2D eigenvalue weighted by Gasteiger charge is 2.42. The maximum absolute atomic E-state index is 12.2. The summed E-state index contributed by atoms with van der Waals surface area (Å²) in [5.74, 6) is 0.664. The summed E-state index contributed by atoms with van der Waals surface area (Å²) in [6.45, 7) is 2.15. The maximum Gasteiger partial charge on any atom is 0.410 e. The number of rotatable bonds is 4. The smallest absolute Gasteiger partial charge is 0.410 e. The lowest BCUT2D eigenvalue weighted by molar-refractivity contribution is -0.122. The normalized spacial score (nSPS) is 29.7. The Morgan fingerprint density at radius 3 is 2.48 bits per heavy atom. The van der Waals surface area contributed by atoms with Gasteiger partial charge in [0.2, 0.25) is 0 Å². The highest BCUT2D eigenvalue weighted by molar-refractivity contribution is 5.91. The molecule has 1 amide bonds. The van der Waals surface area contributed by atoms with E-state index in [-0.39, 0.29) is 24.5 Å². The van der Waals surface area contributed by atoms with Crippen molar-refractivity contribution < 1.29 is 19.1 Å². The van der Waals surface area contributed by atoms with Gasteiger partial charge in [-0.25, -0.2) is 4.79 Å². The summed E-state index contributed by atoms with van der Waals surface area (Å²) >= 11 is 0. The molecular formula is C20H27NO4. The zero-order valence-corrected chi connectivity index (χ0v) is 15.0. The van der Waals surface area contributed by atoms with Crippen molar-refractivity contribution in [2.24, 2.45) is 0 Å². The van der Waals surface area contributed by atoms with E-state index >= 15 is 0 Å². The summed E-state index contributed by atoms with van der Waals surface area (Å²) in [5.41, 5.74) is 1.40. The average Bonchev–Trinajstić information content (AvgIpc) is 2.93. The van der Waals surface area contributed by atoms with Crippen LogP contribution in [-0.4, -0.2) is 48.7 Å². The minimum atomic E-state index is -0.505. The van der Waals surface area contributed by atoms with E-state index in [0.29, 0.717) is 12.3 Å². The zero-order chi connectivity index (χ0) is 17.8. The molecule has 1 aromatic rings. The molecule has 0 unspecified atom stereocenters. The van der Waals surface area contributed by atoms with E-state index in [4.69, 9.17) is 9.47 Å². The minimum absolute atomic E-state index is 0.0656. The van der Waals surface area contributed by atoms with E-state index in [2.05, 4.69) is 24.3 Å². The second-order valence-electron chi connectivity index (χ2n) is 7.13. The fourth-order valence-electron chi connectivity index (χ4n) is 4.09. The van der Waals surface area contributed by atoms with Crippen molar-refractivity contribution in [3.05, 3.63) is 35.9 Å². The van der Waals surface area contributed by atoms with Crippen LogP contribution in [0.1, 0.15) is 50.5 Å². The first-order valence-electron chi connectivity index (χ1n) is 9.15. The highest BCUT2D eigenvalue weighted by atomic mass is 16.5. The summed E-state index contributed by atoms with van der Waals surface area (Å²) in [6.07, 6.45) is 4.30. The summed E-state index contributed by atoms with van der Waals surface area (Å²) in [6, 6.07) is 9.98. The fraction of sp³-hybridized carbons (Fsp3) is 0.600. The molecule has 2 atom stereocenters. The van der Waals surface area contributed by atoms with Crippen molar-refractivity contribution in [1.82, 2.24) is 4.90 Å². The SMILES string of the molecule is COC(=O)N1[C@H](C)CC(=O)[C@@H]1COC1CCC(c2ccccc2)CC1. The topological polar surface area (TPSA) is 55.8 Å². The molecule has 1 aliphatic heterocycles. The number of benzene rings is 1. The number of likely N-dealkylation sites (tertiary alicyclic amines) is 1. The Hall–Kier alpha value is -1.88. The number of hydrogen-bond donors (Lipinski definition) is 0. The Morgan fingerprint density at radius 1 is 1.16 bits per heavy atom. The lowest BCUT2D eigenvalue weighted by atomic mass is 9.83. The molecule has 1 aromatic carbocycles. The molecule has 1 saturated heterocycles. The van der Waals surface area contributed by atoms with Crippen LogP contribution in [0.15, 0.2) is 30.3 Å². The van der Waals surface area contributed by atoms with E-state index in [0.717, 1.165) is 25.7 Å². The molecule has 136 valence electrons. The van der Waals surface area contributed by atoms with Gasteiger partial charge in [-0.2, -0.15) is 0 Å². The number of ketones is 1. The van der Waals surface area contributed by atoms with Crippen LogP contribution in [0.2, 0.25) is 0 Å². The number of ether oxygens (including phenoxy) is 2. The molecule has 0 N–H and O–H groups in total. The summed E-state index contributed by atoms with van der Waals surface area (Å²) in [7, 11) is 1.35. The van der Waals surface area contributed by atoms with Crippen LogP contribution >= 0.6 is 0 Å². The summed E-state index contributed by atoms with van der Waals surface area (Å²) in [5, 5.41) is 0. The van der Waals surface area contributed by atoms with Crippen molar-refractivity contribution in [2.45, 2.75) is 63.1 Å². The van der Waals surface area contributed by atoms with Gasteiger partial charge < -0.3 is 9.47 Å². The second-order valence-corrected chi connectivity index (χ2v) is 7.13. The van der Waals surface area contributed by atoms with Gasteiger partial charge in [0, 0.05) is 12.5 Å². The average molecular weight is 345 g/mol. The van der Waals surface area contributed by atoms with Crippen molar-refractivity contribution in [3.63, 3.8) is 0 Å². The Balaban J connectivity index is 1.51. The predicted molar refractivity (Wildman–Crippen MR) is 94.5 cm³/mol. The highest BCUT2D eigenvalue weighted by Crippen LogP contribution is 2.34. The van der Waals surface area contributed by atoms with Gasteiger partial charge in [0.15, 0.2) is 5.78 Å². The third-order valence-electron chi connectivity index (χ3n) is 5.50. The lowest BCUT2D eigenvalue weighted by Crippen LogP contribution is -2.44. The van der Waals surface area contributed by atoms with Gasteiger partial charge in [-0.05, 0) is 44.1 Å². The van der Waals surface area contributed by atoms with Gasteiger partial charge >= 0.3 is 6.09 Å². The van der Waals surface area contributed by atoms with E-state index in [1.807, 2.05) is 13.0 Å². The Kier molecular flexibility index (Phi) is 5.74. The number of nitrogens with zero attached hydrogens (tertiary/aromatic N) is 1. The van der Waals surface area contributed by atoms with Crippen molar-refractivity contribution in [1.29, 1.82) is 0 Å².